The summed E-state index contributed by atoms with van der Waals surface area (Å²) in [7, 11) is 0. The lowest BCUT2D eigenvalue weighted by Crippen LogP contribution is -2.58. The smallest absolute Gasteiger partial charge is 0.416 e. The molecule has 0 bridgehead atoms. The molecule has 1 amide bonds. The fraction of sp³-hybridized carbons (Fsp3) is 0.167. The average Bonchev–Trinajstić information content (AvgIpc) is 2.79. The summed E-state index contributed by atoms with van der Waals surface area (Å²) in [5.74, 6) is -0.842. The lowest BCUT2D eigenvalue weighted by Gasteiger charge is -2.40. The molecule has 0 aliphatic carbocycles. The van der Waals surface area contributed by atoms with Crippen molar-refractivity contribution in [3.05, 3.63) is 89.3 Å². The number of amides is 1. The van der Waals surface area contributed by atoms with Crippen LogP contribution < -0.4 is 10.1 Å². The summed E-state index contributed by atoms with van der Waals surface area (Å²) >= 11 is 0. The number of carbonyl (C=O) groups is 1. The maximum atomic E-state index is 14.5. The Kier molecular flexibility index (Phi) is 5.60. The van der Waals surface area contributed by atoms with E-state index in [2.05, 4.69) is 15.3 Å². The molecule has 0 spiro atoms. The van der Waals surface area contributed by atoms with Crippen molar-refractivity contribution in [2.75, 3.05) is 0 Å². The molecule has 166 valence electrons. The molecule has 9 heteroatoms. The molecule has 1 unspecified atom stereocenters. The van der Waals surface area contributed by atoms with Gasteiger partial charge in [0.25, 0.3) is 5.91 Å². The van der Waals surface area contributed by atoms with E-state index in [9.17, 15) is 23.2 Å². The molecular formula is C24H17F3N4O2. The van der Waals surface area contributed by atoms with Crippen LogP contribution in [0.15, 0.2) is 72.6 Å². The van der Waals surface area contributed by atoms with Crippen LogP contribution in [0.3, 0.4) is 0 Å². The van der Waals surface area contributed by atoms with E-state index in [-0.39, 0.29) is 28.5 Å². The summed E-state index contributed by atoms with van der Waals surface area (Å²) in [4.78, 5) is 20.5. The monoisotopic (exact) mass is 450 g/mol. The number of halogens is 3. The third-order valence-electron chi connectivity index (χ3n) is 5.39. The summed E-state index contributed by atoms with van der Waals surface area (Å²) in [6, 6.07) is 15.2. The van der Waals surface area contributed by atoms with Gasteiger partial charge in [-0.05, 0) is 41.8 Å². The zero-order chi connectivity index (χ0) is 23.6. The molecule has 33 heavy (non-hydrogen) atoms. The van der Waals surface area contributed by atoms with Crippen LogP contribution in [-0.2, 0) is 10.3 Å². The van der Waals surface area contributed by atoms with Crippen molar-refractivity contribution in [1.29, 1.82) is 5.26 Å². The highest BCUT2D eigenvalue weighted by Gasteiger charge is 2.59. The van der Waals surface area contributed by atoms with Crippen LogP contribution in [0.1, 0.15) is 23.1 Å². The molecule has 1 aromatic heterocycles. The second-order valence-electron chi connectivity index (χ2n) is 7.52. The van der Waals surface area contributed by atoms with E-state index in [0.717, 1.165) is 5.56 Å². The molecule has 1 N–H and O–H groups in total. The van der Waals surface area contributed by atoms with Gasteiger partial charge < -0.3 is 10.1 Å². The second kappa shape index (κ2) is 8.39. The lowest BCUT2D eigenvalue weighted by molar-refractivity contribution is -0.201. The van der Waals surface area contributed by atoms with E-state index >= 15 is 0 Å². The Bertz CT molecular complexity index is 1250. The van der Waals surface area contributed by atoms with Gasteiger partial charge in [-0.2, -0.15) is 18.4 Å². The van der Waals surface area contributed by atoms with Crippen molar-refractivity contribution < 1.29 is 22.7 Å². The predicted octanol–water partition coefficient (Wildman–Crippen LogP) is 4.83. The van der Waals surface area contributed by atoms with E-state index in [1.54, 1.807) is 36.4 Å². The van der Waals surface area contributed by atoms with Crippen molar-refractivity contribution in [2.45, 2.75) is 25.1 Å². The van der Waals surface area contributed by atoms with E-state index < -0.39 is 24.0 Å². The minimum Gasteiger partial charge on any atom is -0.424 e. The third kappa shape index (κ3) is 4.15. The standard InChI is InChI=1S/C24H17F3N4O2/c1-15-3-5-16(6-4-15)19-13-23(24(25,26)27,31-21(32)20(19)14-28)17-7-9-18(10-8-17)33-22-29-11-2-12-30-22/h2-12H,13H2,1H3,(H,31,32). The third-order valence-corrected chi connectivity index (χ3v) is 5.39. The maximum absolute atomic E-state index is 14.5. The van der Waals surface area contributed by atoms with Gasteiger partial charge in [0.15, 0.2) is 5.54 Å². The van der Waals surface area contributed by atoms with Gasteiger partial charge in [-0.25, -0.2) is 9.97 Å². The number of aryl methyl sites for hydroxylation is 1. The largest absolute Gasteiger partial charge is 0.424 e. The van der Waals surface area contributed by atoms with Gasteiger partial charge in [-0.15, -0.1) is 0 Å². The Morgan fingerprint density at radius 3 is 2.27 bits per heavy atom. The van der Waals surface area contributed by atoms with Crippen LogP contribution in [0.5, 0.6) is 11.8 Å². The zero-order valence-corrected chi connectivity index (χ0v) is 17.3. The van der Waals surface area contributed by atoms with Crippen molar-refractivity contribution >= 4 is 11.5 Å². The number of ether oxygens (including phenoxy) is 1. The van der Waals surface area contributed by atoms with Gasteiger partial charge in [0.05, 0.1) is 0 Å². The molecule has 1 aliphatic rings. The first-order valence-electron chi connectivity index (χ1n) is 9.88. The van der Waals surface area contributed by atoms with Crippen LogP contribution >= 0.6 is 0 Å². The van der Waals surface area contributed by atoms with Gasteiger partial charge in [0.1, 0.15) is 17.4 Å². The van der Waals surface area contributed by atoms with Crippen molar-refractivity contribution in [2.24, 2.45) is 0 Å². The number of nitriles is 1. The highest BCUT2D eigenvalue weighted by atomic mass is 19.4. The van der Waals surface area contributed by atoms with Crippen LogP contribution in [0.25, 0.3) is 5.57 Å². The van der Waals surface area contributed by atoms with Crippen molar-refractivity contribution in [3.8, 4) is 17.8 Å². The number of nitrogens with one attached hydrogen (secondary N) is 1. The topological polar surface area (TPSA) is 87.9 Å². The Labute approximate surface area is 187 Å². The summed E-state index contributed by atoms with van der Waals surface area (Å²) in [5.41, 5.74) is -1.91. The number of hydrogen-bond acceptors (Lipinski definition) is 5. The normalized spacial score (nSPS) is 18.5. The van der Waals surface area contributed by atoms with Crippen molar-refractivity contribution in [1.82, 2.24) is 15.3 Å². The molecular weight excluding hydrogens is 433 g/mol. The fourth-order valence-corrected chi connectivity index (χ4v) is 3.67. The second-order valence-corrected chi connectivity index (χ2v) is 7.52. The highest BCUT2D eigenvalue weighted by Crippen LogP contribution is 2.48. The quantitative estimate of drug-likeness (QED) is 0.615. The number of hydrogen-bond donors (Lipinski definition) is 1. The number of alkyl halides is 3. The average molecular weight is 450 g/mol. The van der Waals surface area contributed by atoms with Gasteiger partial charge >= 0.3 is 12.2 Å². The zero-order valence-electron chi connectivity index (χ0n) is 17.3. The van der Waals surface area contributed by atoms with E-state index in [4.69, 9.17) is 4.74 Å². The Hall–Kier alpha value is -4.19. The molecule has 6 nitrogen and oxygen atoms in total. The SMILES string of the molecule is Cc1ccc(C2=C(C#N)C(=O)NC(c3ccc(Oc4ncccn4)cc3)(C(F)(F)F)C2)cc1. The molecule has 4 rings (SSSR count). The molecule has 0 saturated heterocycles. The molecule has 0 fully saturated rings. The number of nitrogens with zero attached hydrogens (tertiary/aromatic N) is 3. The van der Waals surface area contributed by atoms with Gasteiger partial charge in [0, 0.05) is 18.8 Å². The summed E-state index contributed by atoms with van der Waals surface area (Å²) in [6.45, 7) is 1.83. The first-order chi connectivity index (χ1) is 15.7. The molecule has 3 aromatic rings. The predicted molar refractivity (Wildman–Crippen MR) is 113 cm³/mol. The molecule has 2 aromatic carbocycles. The first-order valence-corrected chi connectivity index (χ1v) is 9.88. The van der Waals surface area contributed by atoms with E-state index in [1.807, 2.05) is 6.92 Å². The van der Waals surface area contributed by atoms with E-state index in [1.165, 1.54) is 36.7 Å². The molecule has 1 atom stereocenters. The minimum absolute atomic E-state index is 0.0385. The van der Waals surface area contributed by atoms with Crippen LogP contribution in [0, 0.1) is 18.3 Å². The Morgan fingerprint density at radius 2 is 1.70 bits per heavy atom. The van der Waals surface area contributed by atoms with E-state index in [0.29, 0.717) is 5.56 Å². The summed E-state index contributed by atoms with van der Waals surface area (Å²) in [6.07, 6.45) is -2.53. The van der Waals surface area contributed by atoms with Crippen LogP contribution in [0.2, 0.25) is 0 Å². The number of rotatable bonds is 4. The van der Waals surface area contributed by atoms with Crippen LogP contribution in [-0.4, -0.2) is 22.1 Å². The number of aromatic nitrogens is 2. The first kappa shape index (κ1) is 22.0. The van der Waals surface area contributed by atoms with Crippen molar-refractivity contribution in [3.63, 3.8) is 0 Å². The van der Waals surface area contributed by atoms with Crippen LogP contribution in [0.4, 0.5) is 13.2 Å². The maximum Gasteiger partial charge on any atom is 0.416 e. The summed E-state index contributed by atoms with van der Waals surface area (Å²) < 4.78 is 49.0. The fourth-order valence-electron chi connectivity index (χ4n) is 3.67. The minimum atomic E-state index is -4.84. The lowest BCUT2D eigenvalue weighted by atomic mass is 9.76. The number of carbonyl (C=O) groups excluding carboxylic acids is 1. The van der Waals surface area contributed by atoms with Gasteiger partial charge in [-0.1, -0.05) is 42.0 Å². The number of benzene rings is 2. The molecule has 0 saturated carbocycles. The highest BCUT2D eigenvalue weighted by molar-refractivity contribution is 6.07. The molecule has 0 radical (unpaired) electrons. The van der Waals surface area contributed by atoms with Gasteiger partial charge in [-0.3, -0.25) is 4.79 Å². The molecule has 1 aliphatic heterocycles. The Morgan fingerprint density at radius 1 is 1.06 bits per heavy atom. The molecule has 2 heterocycles. The van der Waals surface area contributed by atoms with Gasteiger partial charge in [0.2, 0.25) is 0 Å². The Balaban J connectivity index is 1.76. The summed E-state index contributed by atoms with van der Waals surface area (Å²) in [5, 5.41) is 11.5.